The van der Waals surface area contributed by atoms with Crippen molar-refractivity contribution in [2.75, 3.05) is 10.5 Å². The van der Waals surface area contributed by atoms with Crippen molar-refractivity contribution >= 4 is 50.6 Å². The third-order valence-electron chi connectivity index (χ3n) is 2.80. The van der Waals surface area contributed by atoms with Crippen LogP contribution in [0.25, 0.3) is 0 Å². The van der Waals surface area contributed by atoms with E-state index in [2.05, 4.69) is 4.72 Å². The molecular weight excluding hydrogens is 370 g/mol. The average molecular weight is 379 g/mol. The molecule has 0 spiro atoms. The molecule has 4 N–H and O–H groups in total. The highest BCUT2D eigenvalue weighted by Gasteiger charge is 2.21. The molecule has 0 atom stereocenters. The fraction of sp³-hybridized carbons (Fsp3) is 0. The Morgan fingerprint density at radius 1 is 1.17 bits per heavy atom. The summed E-state index contributed by atoms with van der Waals surface area (Å²) >= 11 is 11.6. The van der Waals surface area contributed by atoms with Crippen molar-refractivity contribution in [2.45, 2.75) is 4.90 Å². The monoisotopic (exact) mass is 378 g/mol. The number of hydrogen-bond donors (Lipinski definition) is 3. The van der Waals surface area contributed by atoms with E-state index in [1.54, 1.807) is 0 Å². The van der Waals surface area contributed by atoms with Crippen molar-refractivity contribution in [1.29, 1.82) is 0 Å². The Morgan fingerprint density at radius 2 is 1.74 bits per heavy atom. The van der Waals surface area contributed by atoms with Gasteiger partial charge in [-0.05, 0) is 30.3 Å². The highest BCUT2D eigenvalue weighted by Crippen LogP contribution is 2.32. The molecule has 2 aromatic carbocycles. The van der Waals surface area contributed by atoms with Gasteiger partial charge in [0.1, 0.15) is 10.7 Å². The molecule has 0 aromatic heterocycles. The lowest BCUT2D eigenvalue weighted by atomic mass is 10.2. The van der Waals surface area contributed by atoms with Crippen LogP contribution in [0.4, 0.5) is 15.8 Å². The van der Waals surface area contributed by atoms with Crippen LogP contribution in [-0.2, 0) is 10.0 Å². The Balaban J connectivity index is 2.42. The van der Waals surface area contributed by atoms with Crippen LogP contribution in [-0.4, -0.2) is 19.5 Å². The number of benzene rings is 2. The first-order chi connectivity index (χ1) is 10.6. The van der Waals surface area contributed by atoms with Gasteiger partial charge in [0.05, 0.1) is 27.0 Å². The van der Waals surface area contributed by atoms with Gasteiger partial charge in [-0.15, -0.1) is 0 Å². The predicted molar refractivity (Wildman–Crippen MR) is 85.0 cm³/mol. The zero-order chi connectivity index (χ0) is 17.4. The Bertz CT molecular complexity index is 880. The van der Waals surface area contributed by atoms with E-state index in [0.717, 1.165) is 12.1 Å². The minimum absolute atomic E-state index is 0.0177. The van der Waals surface area contributed by atoms with Gasteiger partial charge < -0.3 is 10.8 Å². The van der Waals surface area contributed by atoms with Crippen LogP contribution >= 0.6 is 23.2 Å². The first kappa shape index (κ1) is 17.3. The molecule has 0 aliphatic carbocycles. The van der Waals surface area contributed by atoms with Gasteiger partial charge in [-0.25, -0.2) is 17.6 Å². The number of rotatable bonds is 4. The smallest absolute Gasteiger partial charge is 0.335 e. The lowest BCUT2D eigenvalue weighted by molar-refractivity contribution is 0.0696. The first-order valence-electron chi connectivity index (χ1n) is 5.92. The molecule has 0 radical (unpaired) electrons. The van der Waals surface area contributed by atoms with Gasteiger partial charge in [-0.2, -0.15) is 0 Å². The number of hydrogen-bond acceptors (Lipinski definition) is 4. The standard InChI is InChI=1S/C13H9Cl2FN2O4S/c14-8-4-7(5-9(15)12(8)17)18-23(21,22)11-2-1-6(13(19)20)3-10(11)16/h1-5,18H,17H2,(H,19,20). The summed E-state index contributed by atoms with van der Waals surface area (Å²) < 4.78 is 40.4. The van der Waals surface area contributed by atoms with E-state index in [-0.39, 0.29) is 27.0 Å². The summed E-state index contributed by atoms with van der Waals surface area (Å²) in [6.07, 6.45) is 0. The minimum atomic E-state index is -4.31. The topological polar surface area (TPSA) is 109 Å². The molecule has 0 amide bonds. The lowest BCUT2D eigenvalue weighted by Gasteiger charge is -2.11. The zero-order valence-corrected chi connectivity index (χ0v) is 13.5. The second-order valence-electron chi connectivity index (χ2n) is 4.41. The van der Waals surface area contributed by atoms with Gasteiger partial charge in [0, 0.05) is 0 Å². The van der Waals surface area contributed by atoms with Crippen molar-refractivity contribution in [2.24, 2.45) is 0 Å². The number of nitrogens with two attached hydrogens (primary N) is 1. The molecule has 2 aromatic rings. The lowest BCUT2D eigenvalue weighted by Crippen LogP contribution is -2.15. The van der Waals surface area contributed by atoms with E-state index in [4.69, 9.17) is 34.0 Å². The zero-order valence-electron chi connectivity index (χ0n) is 11.2. The molecular formula is C13H9Cl2FN2O4S. The van der Waals surface area contributed by atoms with E-state index < -0.39 is 26.7 Å². The number of anilines is 2. The molecule has 23 heavy (non-hydrogen) atoms. The van der Waals surface area contributed by atoms with Gasteiger partial charge >= 0.3 is 5.97 Å². The molecule has 0 unspecified atom stereocenters. The number of carboxylic acid groups (broad SMARTS) is 1. The number of nitrogen functional groups attached to an aromatic ring is 1. The summed E-state index contributed by atoms with van der Waals surface area (Å²) in [5.74, 6) is -2.58. The van der Waals surface area contributed by atoms with Gasteiger partial charge in [0.15, 0.2) is 0 Å². The third kappa shape index (κ3) is 3.66. The Hall–Kier alpha value is -2.03. The molecule has 0 bridgehead atoms. The van der Waals surface area contributed by atoms with Crippen LogP contribution < -0.4 is 10.5 Å². The second kappa shape index (κ2) is 6.23. The summed E-state index contributed by atoms with van der Waals surface area (Å²) in [6, 6.07) is 4.86. The van der Waals surface area contributed by atoms with Crippen LogP contribution in [0.5, 0.6) is 0 Å². The van der Waals surface area contributed by atoms with Crippen molar-refractivity contribution < 1.29 is 22.7 Å². The number of halogens is 3. The van der Waals surface area contributed by atoms with E-state index in [0.29, 0.717) is 6.07 Å². The normalized spacial score (nSPS) is 11.3. The second-order valence-corrected chi connectivity index (χ2v) is 6.87. The van der Waals surface area contributed by atoms with Gasteiger partial charge in [-0.3, -0.25) is 4.72 Å². The maximum absolute atomic E-state index is 13.9. The summed E-state index contributed by atoms with van der Waals surface area (Å²) in [6.45, 7) is 0. The van der Waals surface area contributed by atoms with Crippen molar-refractivity contribution in [3.05, 3.63) is 51.8 Å². The summed E-state index contributed by atoms with van der Waals surface area (Å²) in [5.41, 5.74) is 5.22. The fourth-order valence-corrected chi connectivity index (χ4v) is 3.29. The van der Waals surface area contributed by atoms with E-state index in [1.165, 1.54) is 12.1 Å². The summed E-state index contributed by atoms with van der Waals surface area (Å²) in [5, 5.41) is 8.80. The maximum atomic E-state index is 13.9. The van der Waals surface area contributed by atoms with Crippen LogP contribution in [0.2, 0.25) is 10.0 Å². The molecule has 0 saturated carbocycles. The molecule has 0 fully saturated rings. The summed E-state index contributed by atoms with van der Waals surface area (Å²) in [4.78, 5) is 10.0. The first-order valence-corrected chi connectivity index (χ1v) is 8.16. The number of aromatic carboxylic acids is 1. The Kier molecular flexibility index (Phi) is 4.69. The Morgan fingerprint density at radius 3 is 2.22 bits per heavy atom. The highest BCUT2D eigenvalue weighted by molar-refractivity contribution is 7.92. The van der Waals surface area contributed by atoms with Crippen molar-refractivity contribution in [3.8, 4) is 0 Å². The fourth-order valence-electron chi connectivity index (χ4n) is 1.71. The molecule has 0 saturated heterocycles. The quantitative estimate of drug-likeness (QED) is 0.707. The highest BCUT2D eigenvalue weighted by atomic mass is 35.5. The van der Waals surface area contributed by atoms with Gasteiger partial charge in [-0.1, -0.05) is 23.2 Å². The van der Waals surface area contributed by atoms with Crippen LogP contribution in [0.15, 0.2) is 35.2 Å². The predicted octanol–water partition coefficient (Wildman–Crippen LogP) is 3.21. The van der Waals surface area contributed by atoms with Gasteiger partial charge in [0.2, 0.25) is 0 Å². The molecule has 2 rings (SSSR count). The third-order valence-corrected chi connectivity index (χ3v) is 4.84. The molecule has 122 valence electrons. The van der Waals surface area contributed by atoms with E-state index in [9.17, 15) is 17.6 Å². The molecule has 0 aliphatic rings. The number of nitrogens with one attached hydrogen (secondary N) is 1. The van der Waals surface area contributed by atoms with Crippen LogP contribution in [0, 0.1) is 5.82 Å². The molecule has 0 aliphatic heterocycles. The van der Waals surface area contributed by atoms with Gasteiger partial charge in [0.25, 0.3) is 10.0 Å². The van der Waals surface area contributed by atoms with Crippen LogP contribution in [0.1, 0.15) is 10.4 Å². The largest absolute Gasteiger partial charge is 0.478 e. The Labute approximate surface area is 140 Å². The van der Waals surface area contributed by atoms with Crippen LogP contribution in [0.3, 0.4) is 0 Å². The number of carboxylic acids is 1. The minimum Gasteiger partial charge on any atom is -0.478 e. The number of carbonyl (C=O) groups is 1. The van der Waals surface area contributed by atoms with E-state index in [1.807, 2.05) is 0 Å². The van der Waals surface area contributed by atoms with Crippen molar-refractivity contribution in [1.82, 2.24) is 0 Å². The molecule has 10 heteroatoms. The number of sulfonamides is 1. The SMILES string of the molecule is Nc1c(Cl)cc(NS(=O)(=O)c2ccc(C(=O)O)cc2F)cc1Cl. The van der Waals surface area contributed by atoms with E-state index >= 15 is 0 Å². The van der Waals surface area contributed by atoms with Crippen molar-refractivity contribution in [3.63, 3.8) is 0 Å². The molecule has 6 nitrogen and oxygen atoms in total. The molecule has 0 heterocycles. The maximum Gasteiger partial charge on any atom is 0.335 e. The average Bonchev–Trinajstić information content (AvgIpc) is 2.43. The summed E-state index contributed by atoms with van der Waals surface area (Å²) in [7, 11) is -4.31.